The lowest BCUT2D eigenvalue weighted by molar-refractivity contribution is -0.123. The van der Waals surface area contributed by atoms with Gasteiger partial charge in [-0.15, -0.1) is 0 Å². The fourth-order valence-corrected chi connectivity index (χ4v) is 3.00. The maximum absolute atomic E-state index is 12.5. The molecule has 0 aromatic heterocycles. The van der Waals surface area contributed by atoms with Gasteiger partial charge in [-0.25, -0.2) is 4.79 Å². The first kappa shape index (κ1) is 26.8. The molecule has 1 atom stereocenters. The van der Waals surface area contributed by atoms with Gasteiger partial charge in [0, 0.05) is 33.0 Å². The van der Waals surface area contributed by atoms with Crippen molar-refractivity contribution >= 4 is 30.2 Å². The van der Waals surface area contributed by atoms with Crippen molar-refractivity contribution in [2.75, 3.05) is 26.8 Å². The van der Waals surface area contributed by atoms with Gasteiger partial charge in [-0.1, -0.05) is 36.8 Å². The number of rotatable bonds is 15. The summed E-state index contributed by atoms with van der Waals surface area (Å²) in [5, 5.41) is 9.54. The highest BCUT2D eigenvalue weighted by molar-refractivity contribution is 6.00. The molecule has 0 radical (unpaired) electrons. The molecule has 32 heavy (non-hydrogen) atoms. The van der Waals surface area contributed by atoms with Crippen LogP contribution in [0.2, 0.25) is 0 Å². The molecule has 10 nitrogen and oxygen atoms in total. The number of carbonyl (C=O) groups is 5. The fraction of sp³-hybridized carbons (Fsp3) is 0.500. The van der Waals surface area contributed by atoms with E-state index in [4.69, 9.17) is 4.74 Å². The van der Waals surface area contributed by atoms with Crippen LogP contribution in [0.1, 0.15) is 50.0 Å². The summed E-state index contributed by atoms with van der Waals surface area (Å²) in [6, 6.07) is 8.17. The minimum Gasteiger partial charge on any atom is -0.383 e. The van der Waals surface area contributed by atoms with Crippen LogP contribution >= 0.6 is 0 Å². The predicted octanol–water partition coefficient (Wildman–Crippen LogP) is 0.972. The minimum absolute atomic E-state index is 0.109. The minimum atomic E-state index is -0.870. The van der Waals surface area contributed by atoms with Gasteiger partial charge in [0.1, 0.15) is 0 Å². The zero-order valence-corrected chi connectivity index (χ0v) is 18.4. The second kappa shape index (κ2) is 16.4. The van der Waals surface area contributed by atoms with Crippen LogP contribution in [0.5, 0.6) is 0 Å². The Morgan fingerprint density at radius 1 is 0.938 bits per heavy atom. The van der Waals surface area contributed by atoms with E-state index in [9.17, 15) is 24.0 Å². The second-order valence-electron chi connectivity index (χ2n) is 7.09. The van der Waals surface area contributed by atoms with Gasteiger partial charge in [0.2, 0.25) is 24.1 Å². The van der Waals surface area contributed by atoms with Crippen molar-refractivity contribution in [3.05, 3.63) is 35.9 Å². The van der Waals surface area contributed by atoms with Crippen LogP contribution in [0.15, 0.2) is 30.3 Å². The van der Waals surface area contributed by atoms with E-state index < -0.39 is 17.9 Å². The molecule has 0 aliphatic carbocycles. The summed E-state index contributed by atoms with van der Waals surface area (Å²) in [7, 11) is 1.56. The van der Waals surface area contributed by atoms with Crippen molar-refractivity contribution in [1.82, 2.24) is 21.3 Å². The molecule has 1 rings (SSSR count). The molecule has 10 heteroatoms. The standard InChI is InChI=1S/C22H32N4O6/c1-32-15-14-24-20(29)12-7-11-19(28)23-13-6-5-10-18(17-8-3-2-4-9-17)21(30)26-22(31)25-16-27/h2-4,8-9,16,18H,5-7,10-15H2,1H3,(H,23,28)(H,24,29)(H2,25,26,27,30,31). The number of carbonyl (C=O) groups excluding carboxylic acids is 5. The smallest absolute Gasteiger partial charge is 0.327 e. The number of hydrogen-bond acceptors (Lipinski definition) is 6. The number of amides is 6. The van der Waals surface area contributed by atoms with Crippen molar-refractivity contribution in [1.29, 1.82) is 0 Å². The van der Waals surface area contributed by atoms with E-state index in [1.54, 1.807) is 31.4 Å². The predicted molar refractivity (Wildman–Crippen MR) is 118 cm³/mol. The van der Waals surface area contributed by atoms with Crippen molar-refractivity contribution in [3.63, 3.8) is 0 Å². The van der Waals surface area contributed by atoms with Gasteiger partial charge >= 0.3 is 6.03 Å². The largest absolute Gasteiger partial charge is 0.383 e. The first-order valence-corrected chi connectivity index (χ1v) is 10.6. The van der Waals surface area contributed by atoms with Crippen molar-refractivity contribution < 1.29 is 28.7 Å². The summed E-state index contributed by atoms with van der Waals surface area (Å²) in [6.45, 7) is 1.35. The van der Waals surface area contributed by atoms with Gasteiger partial charge in [0.25, 0.3) is 0 Å². The van der Waals surface area contributed by atoms with Crippen LogP contribution in [0.25, 0.3) is 0 Å². The SMILES string of the molecule is COCCNC(=O)CCCC(=O)NCCCCC(C(=O)NC(=O)NC=O)c1ccccc1. The molecule has 4 N–H and O–H groups in total. The van der Waals surface area contributed by atoms with Crippen LogP contribution in [0.3, 0.4) is 0 Å². The Bertz CT molecular complexity index is 741. The van der Waals surface area contributed by atoms with E-state index in [-0.39, 0.29) is 31.1 Å². The van der Waals surface area contributed by atoms with E-state index in [0.29, 0.717) is 45.4 Å². The highest BCUT2D eigenvalue weighted by Gasteiger charge is 2.22. The van der Waals surface area contributed by atoms with Crippen molar-refractivity contribution in [2.45, 2.75) is 44.4 Å². The molecule has 1 aromatic carbocycles. The van der Waals surface area contributed by atoms with Gasteiger partial charge in [-0.05, 0) is 24.8 Å². The monoisotopic (exact) mass is 448 g/mol. The number of urea groups is 1. The average molecular weight is 449 g/mol. The molecule has 0 bridgehead atoms. The molecule has 0 fully saturated rings. The van der Waals surface area contributed by atoms with Crippen molar-refractivity contribution in [2.24, 2.45) is 0 Å². The quantitative estimate of drug-likeness (QED) is 0.233. The van der Waals surface area contributed by atoms with Gasteiger partial charge in [0.15, 0.2) is 0 Å². The van der Waals surface area contributed by atoms with Gasteiger partial charge in [-0.3, -0.25) is 29.8 Å². The zero-order chi connectivity index (χ0) is 23.6. The number of imide groups is 2. The fourth-order valence-electron chi connectivity index (χ4n) is 3.00. The lowest BCUT2D eigenvalue weighted by Gasteiger charge is -2.16. The summed E-state index contributed by atoms with van der Waals surface area (Å²) >= 11 is 0. The van der Waals surface area contributed by atoms with Crippen LogP contribution in [0, 0.1) is 0 Å². The lowest BCUT2D eigenvalue weighted by atomic mass is 9.92. The molecule has 1 aromatic rings. The number of unbranched alkanes of at least 4 members (excludes halogenated alkanes) is 1. The van der Waals surface area contributed by atoms with E-state index in [0.717, 1.165) is 5.56 Å². The van der Waals surface area contributed by atoms with Crippen LogP contribution in [-0.2, 0) is 23.9 Å². The Kier molecular flexibility index (Phi) is 13.7. The molecule has 176 valence electrons. The molecular weight excluding hydrogens is 416 g/mol. The second-order valence-corrected chi connectivity index (χ2v) is 7.09. The van der Waals surface area contributed by atoms with E-state index in [2.05, 4.69) is 16.0 Å². The maximum atomic E-state index is 12.5. The Hall–Kier alpha value is -3.27. The van der Waals surface area contributed by atoms with E-state index in [1.807, 2.05) is 11.4 Å². The van der Waals surface area contributed by atoms with Crippen LogP contribution < -0.4 is 21.3 Å². The Balaban J connectivity index is 2.32. The molecule has 0 aliphatic heterocycles. The molecule has 0 saturated carbocycles. The number of nitrogens with one attached hydrogen (secondary N) is 4. The van der Waals surface area contributed by atoms with Crippen LogP contribution in [0.4, 0.5) is 4.79 Å². The zero-order valence-electron chi connectivity index (χ0n) is 18.4. The molecule has 0 spiro atoms. The normalized spacial score (nSPS) is 11.2. The third kappa shape index (κ3) is 11.8. The molecule has 0 heterocycles. The summed E-state index contributed by atoms with van der Waals surface area (Å²) in [5.74, 6) is -1.29. The number of methoxy groups -OCH3 is 1. The molecule has 6 amide bonds. The lowest BCUT2D eigenvalue weighted by Crippen LogP contribution is -2.41. The Morgan fingerprint density at radius 3 is 2.22 bits per heavy atom. The molecule has 1 unspecified atom stereocenters. The third-order valence-electron chi connectivity index (χ3n) is 4.62. The Labute approximate surface area is 187 Å². The Morgan fingerprint density at radius 2 is 1.59 bits per heavy atom. The maximum Gasteiger partial charge on any atom is 0.327 e. The highest BCUT2D eigenvalue weighted by Crippen LogP contribution is 2.22. The molecule has 0 saturated heterocycles. The average Bonchev–Trinajstić information content (AvgIpc) is 2.77. The highest BCUT2D eigenvalue weighted by atomic mass is 16.5. The molecular formula is C22H32N4O6. The van der Waals surface area contributed by atoms with Gasteiger partial charge in [0.05, 0.1) is 12.5 Å². The van der Waals surface area contributed by atoms with Gasteiger partial charge < -0.3 is 15.4 Å². The number of ether oxygens (including phenoxy) is 1. The summed E-state index contributed by atoms with van der Waals surface area (Å²) in [5.41, 5.74) is 0.761. The van der Waals surface area contributed by atoms with Crippen LogP contribution in [-0.4, -0.2) is 57.0 Å². The summed E-state index contributed by atoms with van der Waals surface area (Å²) < 4.78 is 4.85. The van der Waals surface area contributed by atoms with E-state index in [1.165, 1.54) is 0 Å². The third-order valence-corrected chi connectivity index (χ3v) is 4.62. The first-order chi connectivity index (χ1) is 15.5. The summed E-state index contributed by atoms with van der Waals surface area (Å²) in [4.78, 5) is 57.7. The van der Waals surface area contributed by atoms with Gasteiger partial charge in [-0.2, -0.15) is 0 Å². The molecule has 0 aliphatic rings. The van der Waals surface area contributed by atoms with Crippen molar-refractivity contribution in [3.8, 4) is 0 Å². The van der Waals surface area contributed by atoms with E-state index >= 15 is 0 Å². The number of hydrogen-bond donors (Lipinski definition) is 4. The number of benzene rings is 1. The first-order valence-electron chi connectivity index (χ1n) is 10.6. The summed E-state index contributed by atoms with van der Waals surface area (Å²) in [6.07, 6.45) is 2.98. The topological polar surface area (TPSA) is 143 Å².